The lowest BCUT2D eigenvalue weighted by Crippen LogP contribution is -2.31. The summed E-state index contributed by atoms with van der Waals surface area (Å²) >= 11 is 0. The third-order valence-corrected chi connectivity index (χ3v) is 4.25. The molecule has 2 heteroatoms. The van der Waals surface area contributed by atoms with E-state index in [1.54, 1.807) is 0 Å². The molecule has 110 valence electrons. The Bertz CT molecular complexity index is 835. The summed E-state index contributed by atoms with van der Waals surface area (Å²) in [5.74, 6) is 0. The van der Waals surface area contributed by atoms with Crippen LogP contribution in [0.25, 0.3) is 22.5 Å². The second-order valence-electron chi connectivity index (χ2n) is 5.88. The van der Waals surface area contributed by atoms with Crippen LogP contribution in [0.3, 0.4) is 0 Å². The molecule has 0 aliphatic rings. The third kappa shape index (κ3) is 2.52. The molecule has 22 heavy (non-hydrogen) atoms. The van der Waals surface area contributed by atoms with Gasteiger partial charge in [0.1, 0.15) is 14.1 Å². The van der Waals surface area contributed by atoms with Gasteiger partial charge in [-0.3, -0.25) is 0 Å². The van der Waals surface area contributed by atoms with Gasteiger partial charge >= 0.3 is 0 Å². The summed E-state index contributed by atoms with van der Waals surface area (Å²) in [6.45, 7) is 4.35. The minimum absolute atomic E-state index is 1.23. The standard InChI is InChI=1S/C20H22N2/c1-15-11-13-22(4)20(14-15)18-9-7-8-17(16(18)2)19-10-5-6-12-21(19)3/h5-14H,1-4H3/q+2. The van der Waals surface area contributed by atoms with Crippen LogP contribution in [0, 0.1) is 13.8 Å². The largest absolute Gasteiger partial charge is 0.212 e. The Kier molecular flexibility index (Phi) is 3.76. The van der Waals surface area contributed by atoms with Crippen molar-refractivity contribution in [3.05, 3.63) is 72.1 Å². The molecule has 0 aliphatic heterocycles. The maximum absolute atomic E-state index is 2.25. The van der Waals surface area contributed by atoms with E-state index >= 15 is 0 Å². The molecule has 0 amide bonds. The molecule has 3 rings (SSSR count). The van der Waals surface area contributed by atoms with E-state index < -0.39 is 0 Å². The van der Waals surface area contributed by atoms with Gasteiger partial charge in [-0.2, -0.15) is 0 Å². The van der Waals surface area contributed by atoms with E-state index in [0.29, 0.717) is 0 Å². The van der Waals surface area contributed by atoms with Crippen LogP contribution in [0.5, 0.6) is 0 Å². The predicted molar refractivity (Wildman–Crippen MR) is 89.1 cm³/mol. The Labute approximate surface area is 132 Å². The molecule has 0 saturated heterocycles. The molecular weight excluding hydrogens is 268 g/mol. The van der Waals surface area contributed by atoms with Gasteiger partial charge in [-0.15, -0.1) is 0 Å². The van der Waals surface area contributed by atoms with Gasteiger partial charge in [-0.1, -0.05) is 6.07 Å². The maximum Gasteiger partial charge on any atom is 0.212 e. The number of pyridine rings is 2. The van der Waals surface area contributed by atoms with Crippen molar-refractivity contribution in [1.82, 2.24) is 0 Å². The highest BCUT2D eigenvalue weighted by Crippen LogP contribution is 2.28. The van der Waals surface area contributed by atoms with E-state index in [0.717, 1.165) is 0 Å². The fourth-order valence-corrected chi connectivity index (χ4v) is 2.94. The minimum atomic E-state index is 1.23. The topological polar surface area (TPSA) is 7.76 Å². The molecule has 0 spiro atoms. The van der Waals surface area contributed by atoms with Crippen LogP contribution < -0.4 is 9.13 Å². The van der Waals surface area contributed by atoms with Crippen molar-refractivity contribution in [2.45, 2.75) is 13.8 Å². The zero-order valence-electron chi connectivity index (χ0n) is 13.7. The number of benzene rings is 1. The van der Waals surface area contributed by atoms with Crippen molar-refractivity contribution < 1.29 is 9.13 Å². The number of hydrogen-bond donors (Lipinski definition) is 0. The second kappa shape index (κ2) is 5.72. The van der Waals surface area contributed by atoms with Gasteiger partial charge in [0.15, 0.2) is 12.4 Å². The molecule has 0 atom stereocenters. The number of rotatable bonds is 2. The quantitative estimate of drug-likeness (QED) is 0.640. The Balaban J connectivity index is 2.22. The Morgan fingerprint density at radius 1 is 0.682 bits per heavy atom. The number of aromatic nitrogens is 2. The smallest absolute Gasteiger partial charge is 0.201 e. The van der Waals surface area contributed by atoms with Crippen molar-refractivity contribution in [3.63, 3.8) is 0 Å². The zero-order valence-corrected chi connectivity index (χ0v) is 13.7. The first-order valence-corrected chi connectivity index (χ1v) is 7.59. The lowest BCUT2D eigenvalue weighted by molar-refractivity contribution is -0.660. The van der Waals surface area contributed by atoms with Crippen LogP contribution in [-0.2, 0) is 14.1 Å². The zero-order chi connectivity index (χ0) is 15.7. The SMILES string of the molecule is Cc1cc[n+](C)c(-c2cccc(-c3cccc[n+]3C)c2C)c1. The highest BCUT2D eigenvalue weighted by Gasteiger charge is 2.18. The summed E-state index contributed by atoms with van der Waals surface area (Å²) in [6, 6.07) is 17.3. The highest BCUT2D eigenvalue weighted by molar-refractivity contribution is 5.73. The van der Waals surface area contributed by atoms with Crippen molar-refractivity contribution in [1.29, 1.82) is 0 Å². The van der Waals surface area contributed by atoms with Gasteiger partial charge in [0.05, 0.1) is 0 Å². The molecule has 0 N–H and O–H groups in total. The molecule has 0 saturated carbocycles. The first-order valence-electron chi connectivity index (χ1n) is 7.59. The van der Waals surface area contributed by atoms with Crippen molar-refractivity contribution in [2.75, 3.05) is 0 Å². The fraction of sp³-hybridized carbons (Fsp3) is 0.200. The summed E-state index contributed by atoms with van der Waals surface area (Å²) in [6.07, 6.45) is 4.22. The normalized spacial score (nSPS) is 10.7. The van der Waals surface area contributed by atoms with E-state index in [9.17, 15) is 0 Å². The van der Waals surface area contributed by atoms with E-state index in [1.165, 1.54) is 33.6 Å². The molecular formula is C20H22N2+2. The summed E-state index contributed by atoms with van der Waals surface area (Å²) in [4.78, 5) is 0. The maximum atomic E-state index is 2.25. The summed E-state index contributed by atoms with van der Waals surface area (Å²) in [5, 5.41) is 0. The molecule has 2 nitrogen and oxygen atoms in total. The van der Waals surface area contributed by atoms with Crippen molar-refractivity contribution in [3.8, 4) is 22.5 Å². The Hall–Kier alpha value is -2.48. The Morgan fingerprint density at radius 3 is 2.09 bits per heavy atom. The first-order chi connectivity index (χ1) is 10.6. The average Bonchev–Trinajstić information content (AvgIpc) is 2.51. The molecule has 2 aromatic heterocycles. The van der Waals surface area contributed by atoms with Gasteiger partial charge in [-0.05, 0) is 43.2 Å². The molecule has 3 aromatic rings. The summed E-state index contributed by atoms with van der Waals surface area (Å²) in [5.41, 5.74) is 7.64. The van der Waals surface area contributed by atoms with Gasteiger partial charge in [0.2, 0.25) is 11.4 Å². The molecule has 0 radical (unpaired) electrons. The van der Waals surface area contributed by atoms with E-state index in [-0.39, 0.29) is 0 Å². The summed E-state index contributed by atoms with van der Waals surface area (Å²) < 4.78 is 4.35. The highest BCUT2D eigenvalue weighted by atomic mass is 14.9. The van der Waals surface area contributed by atoms with Gasteiger partial charge < -0.3 is 0 Å². The fourth-order valence-electron chi connectivity index (χ4n) is 2.94. The lowest BCUT2D eigenvalue weighted by atomic mass is 9.96. The van der Waals surface area contributed by atoms with Crippen LogP contribution in [0.15, 0.2) is 60.9 Å². The lowest BCUT2D eigenvalue weighted by Gasteiger charge is -2.09. The first kappa shape index (κ1) is 14.5. The summed E-state index contributed by atoms with van der Waals surface area (Å²) in [7, 11) is 4.19. The number of nitrogens with zero attached hydrogens (tertiary/aromatic N) is 2. The van der Waals surface area contributed by atoms with E-state index in [2.05, 4.69) is 98.0 Å². The van der Waals surface area contributed by atoms with Gasteiger partial charge in [-0.25, -0.2) is 9.13 Å². The molecule has 1 aromatic carbocycles. The van der Waals surface area contributed by atoms with Gasteiger partial charge in [0, 0.05) is 35.4 Å². The predicted octanol–water partition coefficient (Wildman–Crippen LogP) is 3.29. The third-order valence-electron chi connectivity index (χ3n) is 4.25. The monoisotopic (exact) mass is 290 g/mol. The number of aryl methyl sites for hydroxylation is 3. The van der Waals surface area contributed by atoms with Crippen LogP contribution in [0.2, 0.25) is 0 Å². The number of hydrogen-bond acceptors (Lipinski definition) is 0. The van der Waals surface area contributed by atoms with Crippen LogP contribution in [0.1, 0.15) is 11.1 Å². The van der Waals surface area contributed by atoms with E-state index in [4.69, 9.17) is 0 Å². The van der Waals surface area contributed by atoms with Crippen LogP contribution in [0.4, 0.5) is 0 Å². The molecule has 0 bridgehead atoms. The molecule has 0 fully saturated rings. The molecule has 0 aliphatic carbocycles. The Morgan fingerprint density at radius 2 is 1.36 bits per heavy atom. The molecule has 2 heterocycles. The van der Waals surface area contributed by atoms with Gasteiger partial charge in [0.25, 0.3) is 0 Å². The van der Waals surface area contributed by atoms with Crippen LogP contribution in [-0.4, -0.2) is 0 Å². The minimum Gasteiger partial charge on any atom is -0.201 e. The van der Waals surface area contributed by atoms with Crippen molar-refractivity contribution >= 4 is 0 Å². The van der Waals surface area contributed by atoms with Crippen molar-refractivity contribution in [2.24, 2.45) is 14.1 Å². The second-order valence-corrected chi connectivity index (χ2v) is 5.88. The van der Waals surface area contributed by atoms with E-state index in [1.807, 2.05) is 0 Å². The molecule has 0 unspecified atom stereocenters. The average molecular weight is 290 g/mol. The van der Waals surface area contributed by atoms with Crippen LogP contribution >= 0.6 is 0 Å².